The average Bonchev–Trinajstić information content (AvgIpc) is 3.21. The maximum atomic E-state index is 12.8. The monoisotopic (exact) mass is 373 g/mol. The van der Waals surface area contributed by atoms with E-state index in [0.717, 1.165) is 24.0 Å². The van der Waals surface area contributed by atoms with Gasteiger partial charge in [0.05, 0.1) is 5.56 Å². The third-order valence-corrected chi connectivity index (χ3v) is 6.37. The van der Waals surface area contributed by atoms with Crippen molar-refractivity contribution in [2.24, 2.45) is 0 Å². The number of halogens is 3. The van der Waals surface area contributed by atoms with Crippen molar-refractivity contribution >= 4 is 0 Å². The van der Waals surface area contributed by atoms with E-state index in [4.69, 9.17) is 0 Å². The minimum absolute atomic E-state index is 0.422. The summed E-state index contributed by atoms with van der Waals surface area (Å²) >= 11 is 0. The number of nitrogens with zero attached hydrogens (tertiary/aromatic N) is 1. The Morgan fingerprint density at radius 1 is 0.852 bits per heavy atom. The topological polar surface area (TPSA) is 3.24 Å². The van der Waals surface area contributed by atoms with E-state index in [1.807, 2.05) is 0 Å². The van der Waals surface area contributed by atoms with Crippen LogP contribution in [0.2, 0.25) is 0 Å². The molecule has 1 nitrogen and oxygen atoms in total. The summed E-state index contributed by atoms with van der Waals surface area (Å²) in [5.41, 5.74) is 4.02. The third-order valence-electron chi connectivity index (χ3n) is 6.37. The summed E-state index contributed by atoms with van der Waals surface area (Å²) < 4.78 is 38.5. The zero-order valence-electron chi connectivity index (χ0n) is 15.7. The van der Waals surface area contributed by atoms with Crippen LogP contribution < -0.4 is 0 Å². The predicted molar refractivity (Wildman–Crippen MR) is 103 cm³/mol. The number of hydrogen-bond acceptors (Lipinski definition) is 1. The van der Waals surface area contributed by atoms with E-state index in [9.17, 15) is 13.2 Å². The maximum Gasteiger partial charge on any atom is 0.416 e. The summed E-state index contributed by atoms with van der Waals surface area (Å²) in [6, 6.07) is 13.1. The summed E-state index contributed by atoms with van der Waals surface area (Å²) in [6.45, 7) is 0. The van der Waals surface area contributed by atoms with Crippen molar-refractivity contribution < 1.29 is 13.2 Å². The molecule has 4 rings (SSSR count). The SMILES string of the molecule is CN(C1CCCC1)C1CCCc2ccc(-c3ccc(C(F)(F)F)cc3)cc21. The second-order valence-corrected chi connectivity index (χ2v) is 8.00. The second kappa shape index (κ2) is 7.31. The molecule has 0 radical (unpaired) electrons. The highest BCUT2D eigenvalue weighted by Gasteiger charge is 2.31. The van der Waals surface area contributed by atoms with Crippen molar-refractivity contribution in [3.8, 4) is 11.1 Å². The van der Waals surface area contributed by atoms with Crippen LogP contribution >= 0.6 is 0 Å². The molecule has 0 amide bonds. The van der Waals surface area contributed by atoms with Crippen LogP contribution in [0.1, 0.15) is 61.3 Å². The number of benzene rings is 2. The van der Waals surface area contributed by atoms with Crippen LogP contribution in [-0.4, -0.2) is 18.0 Å². The van der Waals surface area contributed by atoms with E-state index in [-0.39, 0.29) is 0 Å². The van der Waals surface area contributed by atoms with Gasteiger partial charge in [-0.2, -0.15) is 13.2 Å². The molecule has 0 bridgehead atoms. The van der Waals surface area contributed by atoms with Crippen LogP contribution in [0.15, 0.2) is 42.5 Å². The van der Waals surface area contributed by atoms with Crippen molar-refractivity contribution in [1.29, 1.82) is 0 Å². The molecule has 0 aromatic heterocycles. The molecule has 2 aliphatic rings. The van der Waals surface area contributed by atoms with Gasteiger partial charge in [0.15, 0.2) is 0 Å². The standard InChI is InChI=1S/C23H26F3N/c1-27(20-6-2-3-7-20)22-8-4-5-17-9-10-18(15-21(17)22)16-11-13-19(14-12-16)23(24,25)26/h9-15,20,22H,2-8H2,1H3. The van der Waals surface area contributed by atoms with Crippen LogP contribution in [0.5, 0.6) is 0 Å². The molecule has 2 aromatic rings. The molecule has 1 saturated carbocycles. The van der Waals surface area contributed by atoms with Crippen LogP contribution in [-0.2, 0) is 12.6 Å². The fourth-order valence-electron chi connectivity index (χ4n) is 4.79. The first-order valence-electron chi connectivity index (χ1n) is 9.96. The largest absolute Gasteiger partial charge is 0.416 e. The Kier molecular flexibility index (Phi) is 5.02. The van der Waals surface area contributed by atoms with Crippen LogP contribution in [0, 0.1) is 0 Å². The molecule has 0 heterocycles. The highest BCUT2D eigenvalue weighted by molar-refractivity contribution is 5.65. The van der Waals surface area contributed by atoms with Crippen molar-refractivity contribution in [3.63, 3.8) is 0 Å². The van der Waals surface area contributed by atoms with Crippen LogP contribution in [0.25, 0.3) is 11.1 Å². The zero-order valence-corrected chi connectivity index (χ0v) is 15.7. The summed E-state index contributed by atoms with van der Waals surface area (Å²) in [5, 5.41) is 0. The molecular weight excluding hydrogens is 347 g/mol. The quantitative estimate of drug-likeness (QED) is 0.584. The van der Waals surface area contributed by atoms with Gasteiger partial charge in [-0.3, -0.25) is 4.90 Å². The molecule has 1 fully saturated rings. The van der Waals surface area contributed by atoms with E-state index in [0.29, 0.717) is 12.1 Å². The number of fused-ring (bicyclic) bond motifs is 1. The van der Waals surface area contributed by atoms with Crippen LogP contribution in [0.4, 0.5) is 13.2 Å². The van der Waals surface area contributed by atoms with Crippen molar-refractivity contribution in [3.05, 3.63) is 59.2 Å². The summed E-state index contributed by atoms with van der Waals surface area (Å²) in [7, 11) is 2.25. The molecule has 2 aliphatic carbocycles. The number of aryl methyl sites for hydroxylation is 1. The molecule has 27 heavy (non-hydrogen) atoms. The smallest absolute Gasteiger partial charge is 0.296 e. The van der Waals surface area contributed by atoms with Gasteiger partial charge in [-0.15, -0.1) is 0 Å². The molecule has 1 atom stereocenters. The normalized spacial score (nSPS) is 20.9. The van der Waals surface area contributed by atoms with Gasteiger partial charge >= 0.3 is 6.18 Å². The summed E-state index contributed by atoms with van der Waals surface area (Å²) in [5.74, 6) is 0. The summed E-state index contributed by atoms with van der Waals surface area (Å²) in [6.07, 6.45) is 4.37. The van der Waals surface area contributed by atoms with Crippen molar-refractivity contribution in [2.45, 2.75) is 63.2 Å². The van der Waals surface area contributed by atoms with Crippen LogP contribution in [0.3, 0.4) is 0 Å². The van der Waals surface area contributed by atoms with Gasteiger partial charge in [-0.1, -0.05) is 37.1 Å². The number of rotatable bonds is 3. The minimum atomic E-state index is -4.29. The molecule has 0 aliphatic heterocycles. The van der Waals surface area contributed by atoms with Gasteiger partial charge in [0.1, 0.15) is 0 Å². The highest BCUT2D eigenvalue weighted by Crippen LogP contribution is 2.39. The first kappa shape index (κ1) is 18.5. The van der Waals surface area contributed by atoms with Crippen molar-refractivity contribution in [2.75, 3.05) is 7.05 Å². The lowest BCUT2D eigenvalue weighted by molar-refractivity contribution is -0.137. The minimum Gasteiger partial charge on any atom is -0.296 e. The average molecular weight is 373 g/mol. The van der Waals surface area contributed by atoms with E-state index in [2.05, 4.69) is 30.1 Å². The fourth-order valence-corrected chi connectivity index (χ4v) is 4.79. The Morgan fingerprint density at radius 3 is 2.19 bits per heavy atom. The maximum absolute atomic E-state index is 12.8. The summed E-state index contributed by atoms with van der Waals surface area (Å²) in [4.78, 5) is 2.56. The van der Waals surface area contributed by atoms with Gasteiger partial charge in [0.2, 0.25) is 0 Å². The Balaban J connectivity index is 1.64. The van der Waals surface area contributed by atoms with E-state index in [1.165, 1.54) is 55.4 Å². The lowest BCUT2D eigenvalue weighted by atomic mass is 9.84. The van der Waals surface area contributed by atoms with Gasteiger partial charge in [0.25, 0.3) is 0 Å². The first-order chi connectivity index (χ1) is 12.9. The molecule has 4 heteroatoms. The molecule has 0 saturated heterocycles. The molecule has 2 aromatic carbocycles. The van der Waals surface area contributed by atoms with E-state index < -0.39 is 11.7 Å². The molecule has 144 valence electrons. The lowest BCUT2D eigenvalue weighted by Gasteiger charge is -2.37. The number of hydrogen-bond donors (Lipinski definition) is 0. The molecular formula is C23H26F3N. The van der Waals surface area contributed by atoms with Crippen molar-refractivity contribution in [1.82, 2.24) is 4.90 Å². The second-order valence-electron chi connectivity index (χ2n) is 8.00. The van der Waals surface area contributed by atoms with Gasteiger partial charge in [-0.05, 0) is 79.6 Å². The first-order valence-corrected chi connectivity index (χ1v) is 9.96. The zero-order chi connectivity index (χ0) is 19.0. The lowest BCUT2D eigenvalue weighted by Crippen LogP contribution is -2.35. The molecule has 0 spiro atoms. The molecule has 1 unspecified atom stereocenters. The molecule has 0 N–H and O–H groups in total. The Morgan fingerprint density at radius 2 is 1.52 bits per heavy atom. The Bertz CT molecular complexity index is 788. The van der Waals surface area contributed by atoms with E-state index in [1.54, 1.807) is 12.1 Å². The van der Waals surface area contributed by atoms with E-state index >= 15 is 0 Å². The van der Waals surface area contributed by atoms with Gasteiger partial charge in [-0.25, -0.2) is 0 Å². The van der Waals surface area contributed by atoms with Gasteiger partial charge in [0, 0.05) is 12.1 Å². The third kappa shape index (κ3) is 3.77. The Hall–Kier alpha value is -1.81. The predicted octanol–water partition coefficient (Wildman–Crippen LogP) is 6.62. The fraction of sp³-hybridized carbons (Fsp3) is 0.478. The Labute approximate surface area is 159 Å². The number of alkyl halides is 3. The highest BCUT2D eigenvalue weighted by atomic mass is 19.4. The van der Waals surface area contributed by atoms with Gasteiger partial charge < -0.3 is 0 Å².